The summed E-state index contributed by atoms with van der Waals surface area (Å²) in [5.41, 5.74) is 3.21. The lowest BCUT2D eigenvalue weighted by Crippen LogP contribution is -2.18. The average Bonchev–Trinajstić information content (AvgIpc) is 2.35. The number of anilines is 1. The van der Waals surface area contributed by atoms with Crippen molar-refractivity contribution >= 4 is 5.82 Å². The molecule has 1 heterocycles. The van der Waals surface area contributed by atoms with Crippen LogP contribution in [0.3, 0.4) is 0 Å². The van der Waals surface area contributed by atoms with E-state index in [1.165, 1.54) is 12.1 Å². The van der Waals surface area contributed by atoms with Gasteiger partial charge in [0, 0.05) is 17.3 Å². The summed E-state index contributed by atoms with van der Waals surface area (Å²) in [6.45, 7) is 0. The van der Waals surface area contributed by atoms with E-state index in [1.54, 1.807) is 0 Å². The summed E-state index contributed by atoms with van der Waals surface area (Å²) >= 11 is 0. The van der Waals surface area contributed by atoms with Gasteiger partial charge < -0.3 is 10.5 Å². The molecule has 0 aliphatic carbocycles. The van der Waals surface area contributed by atoms with Crippen LogP contribution in [0, 0.1) is 0 Å². The number of nitrogens with two attached hydrogens (primary N) is 1. The van der Waals surface area contributed by atoms with E-state index in [1.807, 2.05) is 0 Å². The van der Waals surface area contributed by atoms with Gasteiger partial charge in [0.2, 0.25) is 0 Å². The number of hydrogen-bond donors (Lipinski definition) is 1. The van der Waals surface area contributed by atoms with E-state index in [0.29, 0.717) is 6.20 Å². The number of benzene rings is 1. The zero-order valence-corrected chi connectivity index (χ0v) is 10.7. The summed E-state index contributed by atoms with van der Waals surface area (Å²) in [6, 6.07) is 5.34. The number of rotatable bonds is 2. The van der Waals surface area contributed by atoms with Gasteiger partial charge in [0.05, 0.1) is 5.56 Å². The molecule has 2 rings (SSSR count). The Morgan fingerprint density at radius 1 is 0.955 bits per heavy atom. The van der Waals surface area contributed by atoms with E-state index in [9.17, 15) is 26.3 Å². The first-order valence-corrected chi connectivity index (χ1v) is 5.76. The molecule has 0 bridgehead atoms. The lowest BCUT2D eigenvalue weighted by Gasteiger charge is -2.17. The van der Waals surface area contributed by atoms with Crippen LogP contribution < -0.4 is 10.5 Å². The zero-order chi connectivity index (χ0) is 16.5. The fraction of sp³-hybridized carbons (Fsp3) is 0.154. The maximum atomic E-state index is 13.0. The molecule has 0 amide bonds. The van der Waals surface area contributed by atoms with Crippen molar-refractivity contribution in [3.05, 3.63) is 42.1 Å². The van der Waals surface area contributed by atoms with Gasteiger partial charge in [-0.2, -0.15) is 13.2 Å². The summed E-state index contributed by atoms with van der Waals surface area (Å²) in [7, 11) is 0. The number of halogens is 6. The van der Waals surface area contributed by atoms with Crippen LogP contribution in [-0.4, -0.2) is 11.3 Å². The van der Waals surface area contributed by atoms with Gasteiger partial charge in [0.15, 0.2) is 0 Å². The Kier molecular flexibility index (Phi) is 3.90. The largest absolute Gasteiger partial charge is 0.573 e. The minimum Gasteiger partial charge on any atom is -0.405 e. The van der Waals surface area contributed by atoms with E-state index < -0.39 is 29.4 Å². The molecule has 0 unspecified atom stereocenters. The molecule has 0 atom stereocenters. The molecule has 2 aromatic rings. The number of ether oxygens (including phenoxy) is 1. The van der Waals surface area contributed by atoms with Crippen molar-refractivity contribution in [2.75, 3.05) is 5.73 Å². The Bertz CT molecular complexity index is 681. The fourth-order valence-corrected chi connectivity index (χ4v) is 1.82. The SMILES string of the molecule is Nc1cc(-c2ccccc2OC(F)(F)F)c(C(F)(F)F)cn1. The van der Waals surface area contributed by atoms with Crippen molar-refractivity contribution in [1.82, 2.24) is 4.98 Å². The Morgan fingerprint density at radius 2 is 1.59 bits per heavy atom. The third kappa shape index (κ3) is 3.60. The van der Waals surface area contributed by atoms with E-state index in [0.717, 1.165) is 18.2 Å². The van der Waals surface area contributed by atoms with Gasteiger partial charge in [-0.25, -0.2) is 4.98 Å². The third-order valence-corrected chi connectivity index (χ3v) is 2.63. The summed E-state index contributed by atoms with van der Waals surface area (Å²) < 4.78 is 79.8. The first kappa shape index (κ1) is 15.9. The summed E-state index contributed by atoms with van der Waals surface area (Å²) in [6.07, 6.45) is -9.37. The number of hydrogen-bond acceptors (Lipinski definition) is 3. The number of para-hydroxylation sites is 1. The molecular formula is C13H8F6N2O. The molecule has 0 radical (unpaired) electrons. The molecular weight excluding hydrogens is 314 g/mol. The highest BCUT2D eigenvalue weighted by atomic mass is 19.4. The molecule has 9 heteroatoms. The van der Waals surface area contributed by atoms with Crippen molar-refractivity contribution in [3.63, 3.8) is 0 Å². The smallest absolute Gasteiger partial charge is 0.405 e. The van der Waals surface area contributed by atoms with Gasteiger partial charge in [-0.05, 0) is 12.1 Å². The molecule has 3 nitrogen and oxygen atoms in total. The minimum atomic E-state index is -5.03. The predicted molar refractivity (Wildman–Crippen MR) is 65.8 cm³/mol. The number of nitrogen functional groups attached to an aromatic ring is 1. The van der Waals surface area contributed by atoms with Crippen LogP contribution in [0.5, 0.6) is 5.75 Å². The van der Waals surface area contributed by atoms with Crippen LogP contribution >= 0.6 is 0 Å². The Morgan fingerprint density at radius 3 is 2.18 bits per heavy atom. The van der Waals surface area contributed by atoms with Crippen molar-refractivity contribution in [2.45, 2.75) is 12.5 Å². The van der Waals surface area contributed by atoms with Gasteiger partial charge in [-0.1, -0.05) is 18.2 Å². The van der Waals surface area contributed by atoms with Crippen LogP contribution in [0.2, 0.25) is 0 Å². The lowest BCUT2D eigenvalue weighted by molar-refractivity contribution is -0.274. The molecule has 22 heavy (non-hydrogen) atoms. The molecule has 0 saturated carbocycles. The van der Waals surface area contributed by atoms with Crippen molar-refractivity contribution in [1.29, 1.82) is 0 Å². The molecule has 2 N–H and O–H groups in total. The molecule has 0 aliphatic heterocycles. The highest BCUT2D eigenvalue weighted by Gasteiger charge is 2.36. The molecule has 118 valence electrons. The Hall–Kier alpha value is -2.45. The van der Waals surface area contributed by atoms with Crippen molar-refractivity contribution in [2.24, 2.45) is 0 Å². The van der Waals surface area contributed by atoms with Crippen molar-refractivity contribution in [3.8, 4) is 16.9 Å². The average molecular weight is 322 g/mol. The molecule has 0 fully saturated rings. The Labute approximate surface area is 120 Å². The second kappa shape index (κ2) is 5.39. The van der Waals surface area contributed by atoms with E-state index >= 15 is 0 Å². The molecule has 0 aliphatic rings. The van der Waals surface area contributed by atoms with Gasteiger partial charge >= 0.3 is 12.5 Å². The van der Waals surface area contributed by atoms with Gasteiger partial charge in [0.1, 0.15) is 11.6 Å². The van der Waals surface area contributed by atoms with Gasteiger partial charge in [0.25, 0.3) is 0 Å². The van der Waals surface area contributed by atoms with Crippen LogP contribution in [0.15, 0.2) is 36.5 Å². The lowest BCUT2D eigenvalue weighted by atomic mass is 10.00. The number of alkyl halides is 6. The summed E-state index contributed by atoms with van der Waals surface area (Å²) in [4.78, 5) is 3.33. The van der Waals surface area contributed by atoms with Crippen LogP contribution in [-0.2, 0) is 6.18 Å². The first-order chi connectivity index (χ1) is 10.1. The van der Waals surface area contributed by atoms with Crippen molar-refractivity contribution < 1.29 is 31.1 Å². The second-order valence-electron chi connectivity index (χ2n) is 4.20. The summed E-state index contributed by atoms with van der Waals surface area (Å²) in [5, 5.41) is 0. The maximum Gasteiger partial charge on any atom is 0.573 e. The second-order valence-corrected chi connectivity index (χ2v) is 4.20. The maximum absolute atomic E-state index is 13.0. The quantitative estimate of drug-likeness (QED) is 0.841. The number of pyridine rings is 1. The number of aromatic nitrogens is 1. The zero-order valence-electron chi connectivity index (χ0n) is 10.7. The molecule has 0 saturated heterocycles. The molecule has 1 aromatic carbocycles. The highest BCUT2D eigenvalue weighted by Crippen LogP contribution is 2.41. The van der Waals surface area contributed by atoms with Gasteiger partial charge in [-0.3, -0.25) is 0 Å². The van der Waals surface area contributed by atoms with E-state index in [2.05, 4.69) is 9.72 Å². The topological polar surface area (TPSA) is 48.1 Å². The minimum absolute atomic E-state index is 0.259. The van der Waals surface area contributed by atoms with Crippen LogP contribution in [0.1, 0.15) is 5.56 Å². The summed E-state index contributed by atoms with van der Waals surface area (Å²) in [5.74, 6) is -1.02. The highest BCUT2D eigenvalue weighted by molar-refractivity contribution is 5.75. The van der Waals surface area contributed by atoms with E-state index in [4.69, 9.17) is 5.73 Å². The van der Waals surface area contributed by atoms with E-state index in [-0.39, 0.29) is 11.4 Å². The normalized spacial score (nSPS) is 12.3. The predicted octanol–water partition coefficient (Wildman–Crippen LogP) is 4.25. The first-order valence-electron chi connectivity index (χ1n) is 5.76. The Balaban J connectivity index is 2.65. The number of nitrogens with zero attached hydrogens (tertiary/aromatic N) is 1. The third-order valence-electron chi connectivity index (χ3n) is 2.63. The fourth-order valence-electron chi connectivity index (χ4n) is 1.82. The molecule has 0 spiro atoms. The van der Waals surface area contributed by atoms with Crippen LogP contribution in [0.25, 0.3) is 11.1 Å². The van der Waals surface area contributed by atoms with Gasteiger partial charge in [-0.15, -0.1) is 13.2 Å². The monoisotopic (exact) mass is 322 g/mol. The molecule has 1 aromatic heterocycles. The standard InChI is InChI=1S/C13H8F6N2O/c14-12(15,16)9-6-21-11(20)5-8(9)7-3-1-2-4-10(7)22-13(17,18)19/h1-6H,(H2,20,21). The van der Waals surface area contributed by atoms with Crippen LogP contribution in [0.4, 0.5) is 32.2 Å².